The lowest BCUT2D eigenvalue weighted by Gasteiger charge is -2.27. The summed E-state index contributed by atoms with van der Waals surface area (Å²) in [6, 6.07) is 13.7. The van der Waals surface area contributed by atoms with Gasteiger partial charge in [0.05, 0.1) is 7.11 Å². The van der Waals surface area contributed by atoms with E-state index in [0.29, 0.717) is 6.54 Å². The number of hydrazine groups is 2. The molecule has 0 bridgehead atoms. The largest absolute Gasteiger partial charge is 0.508 e. The molecule has 0 radical (unpaired) electrons. The van der Waals surface area contributed by atoms with E-state index >= 15 is 0 Å². The molecule has 7 nitrogen and oxygen atoms in total. The Hall–Kier alpha value is -1.97. The van der Waals surface area contributed by atoms with Crippen molar-refractivity contribution in [2.45, 2.75) is 32.1 Å². The van der Waals surface area contributed by atoms with Gasteiger partial charge in [-0.1, -0.05) is 18.2 Å². The summed E-state index contributed by atoms with van der Waals surface area (Å²) in [5, 5.41) is 12.4. The van der Waals surface area contributed by atoms with Gasteiger partial charge in [-0.3, -0.25) is 0 Å². The summed E-state index contributed by atoms with van der Waals surface area (Å²) in [4.78, 5) is 2.20. The number of phenols is 1. The van der Waals surface area contributed by atoms with E-state index in [1.807, 2.05) is 47.5 Å². The topological polar surface area (TPSA) is 72.0 Å². The van der Waals surface area contributed by atoms with Crippen molar-refractivity contribution in [3.63, 3.8) is 0 Å². The van der Waals surface area contributed by atoms with Crippen molar-refractivity contribution < 1.29 is 9.84 Å². The van der Waals surface area contributed by atoms with Crippen LogP contribution >= 0.6 is 12.6 Å². The summed E-state index contributed by atoms with van der Waals surface area (Å²) in [6.07, 6.45) is -0.106. The predicted octanol–water partition coefficient (Wildman–Crippen LogP) is 2.57. The van der Waals surface area contributed by atoms with E-state index in [2.05, 4.69) is 47.7 Å². The van der Waals surface area contributed by atoms with Crippen LogP contribution in [0.4, 0.5) is 5.69 Å². The highest BCUT2D eigenvalue weighted by atomic mass is 32.1. The lowest BCUT2D eigenvalue weighted by molar-refractivity contribution is 0.144. The average molecular weight is 404 g/mol. The minimum absolute atomic E-state index is 0.106. The summed E-state index contributed by atoms with van der Waals surface area (Å²) in [6.45, 7) is 6.51. The van der Waals surface area contributed by atoms with Crippen LogP contribution in [0, 0.1) is 0 Å². The Morgan fingerprint density at radius 2 is 1.86 bits per heavy atom. The number of nitrogens with zero attached hydrogens (tertiary/aromatic N) is 2. The molecule has 4 N–H and O–H groups in total. The molecule has 0 aromatic heterocycles. The van der Waals surface area contributed by atoms with Crippen LogP contribution in [0.25, 0.3) is 0 Å². The zero-order chi connectivity index (χ0) is 20.1. The smallest absolute Gasteiger partial charge is 0.132 e. The van der Waals surface area contributed by atoms with Gasteiger partial charge in [-0.2, -0.15) is 5.01 Å². The maximum Gasteiger partial charge on any atom is 0.132 e. The quantitative estimate of drug-likeness (QED) is 0.434. The maximum absolute atomic E-state index is 10.5. The zero-order valence-electron chi connectivity index (χ0n) is 16.5. The summed E-state index contributed by atoms with van der Waals surface area (Å²) in [7, 11) is 1.65. The van der Waals surface area contributed by atoms with Crippen molar-refractivity contribution in [2.24, 2.45) is 0 Å². The number of hydrogen-bond acceptors (Lipinski definition) is 8. The van der Waals surface area contributed by atoms with E-state index in [1.165, 1.54) is 0 Å². The molecule has 0 saturated carbocycles. The summed E-state index contributed by atoms with van der Waals surface area (Å²) < 4.78 is 5.23. The molecule has 0 aliphatic carbocycles. The van der Waals surface area contributed by atoms with Gasteiger partial charge in [-0.05, 0) is 37.6 Å². The first-order valence-corrected chi connectivity index (χ1v) is 10.0. The van der Waals surface area contributed by atoms with Crippen LogP contribution < -0.4 is 25.9 Å². The average Bonchev–Trinajstić information content (AvgIpc) is 3.09. The van der Waals surface area contributed by atoms with Crippen molar-refractivity contribution in [1.29, 1.82) is 0 Å². The maximum atomic E-state index is 10.5. The number of nitrogens with one attached hydrogen (secondary N) is 3. The van der Waals surface area contributed by atoms with E-state index < -0.39 is 0 Å². The molecule has 1 aliphatic heterocycles. The Morgan fingerprint density at radius 1 is 1.14 bits per heavy atom. The fourth-order valence-electron chi connectivity index (χ4n) is 3.31. The molecule has 152 valence electrons. The molecule has 0 spiro atoms. The summed E-state index contributed by atoms with van der Waals surface area (Å²) in [5.41, 5.74) is 12.4. The highest BCUT2D eigenvalue weighted by Crippen LogP contribution is 2.27. The molecule has 1 fully saturated rings. The van der Waals surface area contributed by atoms with Crippen LogP contribution in [-0.2, 0) is 6.54 Å². The van der Waals surface area contributed by atoms with Crippen molar-refractivity contribution in [1.82, 2.24) is 21.3 Å². The summed E-state index contributed by atoms with van der Waals surface area (Å²) >= 11 is 4.57. The highest BCUT2D eigenvalue weighted by molar-refractivity contribution is 7.80. The Balaban J connectivity index is 1.69. The molecule has 28 heavy (non-hydrogen) atoms. The fourth-order valence-corrected chi connectivity index (χ4v) is 3.59. The monoisotopic (exact) mass is 403 g/mol. The van der Waals surface area contributed by atoms with Crippen molar-refractivity contribution in [2.75, 3.05) is 25.1 Å². The third-order valence-corrected chi connectivity index (χ3v) is 5.35. The molecule has 3 rings (SSSR count). The number of thiol groups is 1. The van der Waals surface area contributed by atoms with Gasteiger partial charge in [-0.25, -0.2) is 16.3 Å². The first-order chi connectivity index (χ1) is 13.6. The fraction of sp³-hybridized carbons (Fsp3) is 0.400. The normalized spacial score (nSPS) is 19.7. The molecule has 2 atom stereocenters. The lowest BCUT2D eigenvalue weighted by Crippen LogP contribution is -2.42. The Bertz CT molecular complexity index is 770. The number of benzene rings is 2. The van der Waals surface area contributed by atoms with Gasteiger partial charge in [0, 0.05) is 37.0 Å². The van der Waals surface area contributed by atoms with E-state index in [4.69, 9.17) is 4.74 Å². The third-order valence-electron chi connectivity index (χ3n) is 4.97. The molecule has 0 unspecified atom stereocenters. The minimum atomic E-state index is -0.218. The predicted molar refractivity (Wildman–Crippen MR) is 115 cm³/mol. The first-order valence-electron chi connectivity index (χ1n) is 9.49. The molecular weight excluding hydrogens is 374 g/mol. The molecule has 2 aromatic rings. The van der Waals surface area contributed by atoms with Gasteiger partial charge >= 0.3 is 0 Å². The van der Waals surface area contributed by atoms with Crippen LogP contribution in [0.3, 0.4) is 0 Å². The Labute approximate surface area is 172 Å². The number of methoxy groups -OCH3 is 1. The van der Waals surface area contributed by atoms with E-state index in [1.54, 1.807) is 7.11 Å². The second kappa shape index (κ2) is 9.49. The van der Waals surface area contributed by atoms with Crippen molar-refractivity contribution >= 4 is 18.3 Å². The molecule has 1 heterocycles. The second-order valence-electron chi connectivity index (χ2n) is 6.57. The van der Waals surface area contributed by atoms with Gasteiger partial charge in [0.2, 0.25) is 0 Å². The molecule has 1 aliphatic rings. The molecule has 1 saturated heterocycles. The van der Waals surface area contributed by atoms with Crippen molar-refractivity contribution in [3.05, 3.63) is 53.6 Å². The van der Waals surface area contributed by atoms with Gasteiger partial charge < -0.3 is 14.7 Å². The SMILES string of the molecule is CCN(CC)c1ccc(CNN2[C@@H](S)NN[C@H]2c2ccc(OC)cc2)c(O)c1. The number of aromatic hydroxyl groups is 1. The number of hydrogen-bond donors (Lipinski definition) is 5. The molecule has 8 heteroatoms. The van der Waals surface area contributed by atoms with Gasteiger partial charge in [0.15, 0.2) is 0 Å². The second-order valence-corrected chi connectivity index (χ2v) is 7.05. The zero-order valence-corrected chi connectivity index (χ0v) is 17.4. The Kier molecular flexibility index (Phi) is 7.03. The van der Waals surface area contributed by atoms with E-state index in [0.717, 1.165) is 35.7 Å². The van der Waals surface area contributed by atoms with E-state index in [9.17, 15) is 5.11 Å². The first kappa shape index (κ1) is 20.8. The number of ether oxygens (including phenoxy) is 1. The highest BCUT2D eigenvalue weighted by Gasteiger charge is 2.31. The molecule has 0 amide bonds. The van der Waals surface area contributed by atoms with Crippen molar-refractivity contribution in [3.8, 4) is 11.5 Å². The molecule has 2 aromatic carbocycles. The van der Waals surface area contributed by atoms with Crippen LogP contribution in [0.15, 0.2) is 42.5 Å². The molecular formula is C20H29N5O2S. The standard InChI is InChI=1S/C20H29N5O2S/c1-4-24(5-2)16-9-6-15(18(26)12-16)13-21-25-19(22-23-20(25)28)14-7-10-17(27-3)11-8-14/h6-12,19-23,26,28H,4-5,13H2,1-3H3/t19-,20+/m1/s1. The Morgan fingerprint density at radius 3 is 2.46 bits per heavy atom. The van der Waals surface area contributed by atoms with Crippen LogP contribution in [0.2, 0.25) is 0 Å². The number of anilines is 1. The van der Waals surface area contributed by atoms with Crippen LogP contribution in [-0.4, -0.2) is 35.8 Å². The minimum Gasteiger partial charge on any atom is -0.508 e. The number of phenolic OH excluding ortho intramolecular Hbond substituents is 1. The van der Waals surface area contributed by atoms with Crippen LogP contribution in [0.1, 0.15) is 31.1 Å². The van der Waals surface area contributed by atoms with Gasteiger partial charge in [0.25, 0.3) is 0 Å². The number of rotatable bonds is 8. The third kappa shape index (κ3) is 4.53. The summed E-state index contributed by atoms with van der Waals surface area (Å²) in [5.74, 6) is 1.10. The van der Waals surface area contributed by atoms with Gasteiger partial charge in [-0.15, -0.1) is 12.6 Å². The van der Waals surface area contributed by atoms with Crippen LogP contribution in [0.5, 0.6) is 11.5 Å². The van der Waals surface area contributed by atoms with Gasteiger partial charge in [0.1, 0.15) is 23.2 Å². The lowest BCUT2D eigenvalue weighted by atomic mass is 10.1. The van der Waals surface area contributed by atoms with E-state index in [-0.39, 0.29) is 17.4 Å².